The highest BCUT2D eigenvalue weighted by atomic mass is 16.2. The van der Waals surface area contributed by atoms with E-state index >= 15 is 0 Å². The molecule has 104 valence electrons. The molecule has 0 bridgehead atoms. The van der Waals surface area contributed by atoms with Crippen LogP contribution in [0.4, 0.5) is 0 Å². The minimum Gasteiger partial charge on any atom is -0.342 e. The van der Waals surface area contributed by atoms with Gasteiger partial charge in [0.2, 0.25) is 5.91 Å². The molecule has 0 spiro atoms. The fourth-order valence-corrected chi connectivity index (χ4v) is 3.15. The Bertz CT molecular complexity index is 439. The van der Waals surface area contributed by atoms with Gasteiger partial charge < -0.3 is 10.6 Å². The van der Waals surface area contributed by atoms with Crippen molar-refractivity contribution in [1.82, 2.24) is 4.90 Å². The molecule has 1 fully saturated rings. The minimum absolute atomic E-state index is 0.0553. The lowest BCUT2D eigenvalue weighted by atomic mass is 9.89. The van der Waals surface area contributed by atoms with Crippen LogP contribution in [0.25, 0.3) is 0 Å². The Hall–Kier alpha value is -1.35. The molecule has 3 nitrogen and oxygen atoms in total. The lowest BCUT2D eigenvalue weighted by molar-refractivity contribution is -0.134. The fourth-order valence-electron chi connectivity index (χ4n) is 3.15. The van der Waals surface area contributed by atoms with Gasteiger partial charge in [0.15, 0.2) is 0 Å². The number of hydrogen-bond donors (Lipinski definition) is 1. The summed E-state index contributed by atoms with van der Waals surface area (Å²) in [4.78, 5) is 14.8. The van der Waals surface area contributed by atoms with E-state index in [-0.39, 0.29) is 23.3 Å². The molecule has 0 aliphatic heterocycles. The number of likely N-dealkylation sites (N-methyl/N-ethyl adjacent to an activating group) is 1. The minimum atomic E-state index is -0.374. The first-order valence-electron chi connectivity index (χ1n) is 7.18. The lowest BCUT2D eigenvalue weighted by Crippen LogP contribution is -2.42. The van der Waals surface area contributed by atoms with Gasteiger partial charge in [-0.2, -0.15) is 0 Å². The predicted molar refractivity (Wildman–Crippen MR) is 77.8 cm³/mol. The maximum Gasteiger partial charge on any atom is 0.233 e. The van der Waals surface area contributed by atoms with Crippen molar-refractivity contribution in [2.24, 2.45) is 11.7 Å². The Balaban J connectivity index is 2.36. The van der Waals surface area contributed by atoms with Gasteiger partial charge in [0, 0.05) is 19.1 Å². The van der Waals surface area contributed by atoms with Crippen LogP contribution in [0.15, 0.2) is 30.3 Å². The Labute approximate surface area is 115 Å². The molecule has 3 atom stereocenters. The van der Waals surface area contributed by atoms with E-state index in [0.29, 0.717) is 0 Å². The normalized spacial score (nSPS) is 26.8. The van der Waals surface area contributed by atoms with Crippen LogP contribution in [0.2, 0.25) is 0 Å². The van der Waals surface area contributed by atoms with Crippen LogP contribution in [-0.4, -0.2) is 29.9 Å². The average Bonchev–Trinajstić information content (AvgIpc) is 3.18. The summed E-state index contributed by atoms with van der Waals surface area (Å²) in [5.41, 5.74) is 6.81. The van der Waals surface area contributed by atoms with Crippen molar-refractivity contribution in [2.45, 2.75) is 38.6 Å². The van der Waals surface area contributed by atoms with Crippen molar-refractivity contribution in [2.75, 3.05) is 13.1 Å². The van der Waals surface area contributed by atoms with Gasteiger partial charge in [-0.15, -0.1) is 0 Å². The maximum atomic E-state index is 12.9. The summed E-state index contributed by atoms with van der Waals surface area (Å²) in [6, 6.07) is 10.2. The van der Waals surface area contributed by atoms with Crippen LogP contribution < -0.4 is 5.73 Å². The van der Waals surface area contributed by atoms with Crippen LogP contribution >= 0.6 is 0 Å². The Morgan fingerprint density at radius 1 is 1.37 bits per heavy atom. The number of nitrogens with zero attached hydrogens (tertiary/aromatic N) is 1. The van der Waals surface area contributed by atoms with Crippen molar-refractivity contribution in [1.29, 1.82) is 0 Å². The SMILES string of the molecule is CCN(CC)C(=O)C1(c2ccccc2)CC1C(C)N. The molecule has 1 saturated carbocycles. The van der Waals surface area contributed by atoms with Crippen molar-refractivity contribution >= 4 is 5.91 Å². The van der Waals surface area contributed by atoms with Gasteiger partial charge in [-0.25, -0.2) is 0 Å². The second-order valence-corrected chi connectivity index (χ2v) is 5.48. The smallest absolute Gasteiger partial charge is 0.233 e. The largest absolute Gasteiger partial charge is 0.342 e. The predicted octanol–water partition coefficient (Wildman–Crippen LogP) is 2.16. The van der Waals surface area contributed by atoms with Gasteiger partial charge in [-0.05, 0) is 38.7 Å². The monoisotopic (exact) mass is 260 g/mol. The topological polar surface area (TPSA) is 46.3 Å². The fraction of sp³-hybridized carbons (Fsp3) is 0.562. The van der Waals surface area contributed by atoms with Gasteiger partial charge in [0.25, 0.3) is 0 Å². The van der Waals surface area contributed by atoms with Crippen LogP contribution in [0.3, 0.4) is 0 Å². The molecule has 19 heavy (non-hydrogen) atoms. The highest BCUT2D eigenvalue weighted by molar-refractivity contribution is 5.92. The first kappa shape index (κ1) is 14.1. The molecule has 0 heterocycles. The zero-order valence-corrected chi connectivity index (χ0v) is 12.1. The molecular formula is C16H24N2O. The van der Waals surface area contributed by atoms with Crippen LogP contribution in [0.1, 0.15) is 32.8 Å². The van der Waals surface area contributed by atoms with E-state index in [2.05, 4.69) is 12.1 Å². The lowest BCUT2D eigenvalue weighted by Gasteiger charge is -2.27. The molecule has 1 aromatic carbocycles. The van der Waals surface area contributed by atoms with Crippen LogP contribution in [0.5, 0.6) is 0 Å². The zero-order valence-electron chi connectivity index (χ0n) is 12.1. The highest BCUT2D eigenvalue weighted by Gasteiger charge is 2.62. The Morgan fingerprint density at radius 2 is 1.95 bits per heavy atom. The third kappa shape index (κ3) is 2.27. The molecule has 0 aromatic heterocycles. The molecular weight excluding hydrogens is 236 g/mol. The van der Waals surface area contributed by atoms with E-state index in [1.165, 1.54) is 0 Å². The van der Waals surface area contributed by atoms with E-state index in [1.807, 2.05) is 43.9 Å². The van der Waals surface area contributed by atoms with E-state index in [9.17, 15) is 4.79 Å². The summed E-state index contributed by atoms with van der Waals surface area (Å²) in [6.45, 7) is 7.59. The number of nitrogens with two attached hydrogens (primary N) is 1. The molecule has 1 aromatic rings. The number of carbonyl (C=O) groups excluding carboxylic acids is 1. The number of rotatable bonds is 5. The number of benzene rings is 1. The van der Waals surface area contributed by atoms with Gasteiger partial charge in [0.1, 0.15) is 0 Å². The van der Waals surface area contributed by atoms with Crippen molar-refractivity contribution < 1.29 is 4.79 Å². The molecule has 0 radical (unpaired) electrons. The molecule has 1 amide bonds. The molecule has 3 unspecified atom stereocenters. The third-order valence-corrected chi connectivity index (χ3v) is 4.37. The van der Waals surface area contributed by atoms with Gasteiger partial charge in [-0.3, -0.25) is 4.79 Å². The van der Waals surface area contributed by atoms with Crippen LogP contribution in [0, 0.1) is 5.92 Å². The standard InChI is InChI=1S/C16H24N2O/c1-4-18(5-2)15(19)16(11-14(16)12(3)17)13-9-7-6-8-10-13/h6-10,12,14H,4-5,11,17H2,1-3H3. The highest BCUT2D eigenvalue weighted by Crippen LogP contribution is 2.56. The summed E-state index contributed by atoms with van der Waals surface area (Å²) >= 11 is 0. The Kier molecular flexibility index (Phi) is 3.95. The van der Waals surface area contributed by atoms with Gasteiger partial charge in [0.05, 0.1) is 5.41 Å². The first-order valence-corrected chi connectivity index (χ1v) is 7.18. The number of amides is 1. The average molecular weight is 260 g/mol. The molecule has 2 rings (SSSR count). The molecule has 2 N–H and O–H groups in total. The van der Waals surface area contributed by atoms with Crippen molar-refractivity contribution in [3.8, 4) is 0 Å². The van der Waals surface area contributed by atoms with E-state index in [0.717, 1.165) is 25.1 Å². The number of hydrogen-bond acceptors (Lipinski definition) is 2. The summed E-state index contributed by atoms with van der Waals surface area (Å²) < 4.78 is 0. The van der Waals surface area contributed by atoms with E-state index in [1.54, 1.807) is 0 Å². The second kappa shape index (κ2) is 5.33. The third-order valence-electron chi connectivity index (χ3n) is 4.37. The van der Waals surface area contributed by atoms with Crippen molar-refractivity contribution in [3.05, 3.63) is 35.9 Å². The zero-order chi connectivity index (χ0) is 14.0. The van der Waals surface area contributed by atoms with Crippen LogP contribution in [-0.2, 0) is 10.2 Å². The molecule has 3 heteroatoms. The van der Waals surface area contributed by atoms with E-state index < -0.39 is 0 Å². The van der Waals surface area contributed by atoms with E-state index in [4.69, 9.17) is 5.73 Å². The quantitative estimate of drug-likeness (QED) is 0.882. The van der Waals surface area contributed by atoms with Crippen molar-refractivity contribution in [3.63, 3.8) is 0 Å². The van der Waals surface area contributed by atoms with Gasteiger partial charge in [-0.1, -0.05) is 30.3 Å². The number of carbonyl (C=O) groups is 1. The Morgan fingerprint density at radius 3 is 2.37 bits per heavy atom. The summed E-state index contributed by atoms with van der Waals surface area (Å²) in [5.74, 6) is 0.508. The first-order chi connectivity index (χ1) is 9.07. The summed E-state index contributed by atoms with van der Waals surface area (Å²) in [5, 5.41) is 0. The summed E-state index contributed by atoms with van der Waals surface area (Å²) in [7, 11) is 0. The molecule has 0 saturated heterocycles. The maximum absolute atomic E-state index is 12.9. The summed E-state index contributed by atoms with van der Waals surface area (Å²) in [6.07, 6.45) is 0.879. The molecule has 1 aliphatic carbocycles. The molecule has 1 aliphatic rings. The second-order valence-electron chi connectivity index (χ2n) is 5.48. The van der Waals surface area contributed by atoms with Gasteiger partial charge >= 0.3 is 0 Å².